The minimum Gasteiger partial charge on any atom is -0.381 e. The molecule has 82 valence electrons. The molecule has 1 aliphatic rings. The van der Waals surface area contributed by atoms with Gasteiger partial charge in [0.15, 0.2) is 0 Å². The van der Waals surface area contributed by atoms with Gasteiger partial charge in [0.2, 0.25) is 0 Å². The smallest absolute Gasteiger partial charge is 0.142 e. The maximum absolute atomic E-state index is 11.9. The second-order valence-corrected chi connectivity index (χ2v) is 4.86. The first kappa shape index (κ1) is 10.8. The van der Waals surface area contributed by atoms with Crippen molar-refractivity contribution in [1.29, 1.82) is 0 Å². The number of hydrogen-bond donors (Lipinski definition) is 0. The number of thiazole rings is 1. The third kappa shape index (κ3) is 2.86. The summed E-state index contributed by atoms with van der Waals surface area (Å²) in [5, 5.41) is 2.94. The van der Waals surface area contributed by atoms with Crippen LogP contribution in [-0.4, -0.2) is 24.0 Å². The molecule has 0 unspecified atom stereocenters. The molecule has 4 heteroatoms. The largest absolute Gasteiger partial charge is 0.381 e. The van der Waals surface area contributed by atoms with Gasteiger partial charge in [-0.1, -0.05) is 0 Å². The number of hydrogen-bond acceptors (Lipinski definition) is 4. The Labute approximate surface area is 93.5 Å². The average molecular weight is 225 g/mol. The van der Waals surface area contributed by atoms with Crippen molar-refractivity contribution in [3.05, 3.63) is 16.1 Å². The van der Waals surface area contributed by atoms with Gasteiger partial charge in [0.05, 0.1) is 6.42 Å². The molecule has 0 N–H and O–H groups in total. The summed E-state index contributed by atoms with van der Waals surface area (Å²) in [4.78, 5) is 16.2. The minimum atomic E-state index is 0.197. The van der Waals surface area contributed by atoms with Crippen LogP contribution in [0.25, 0.3) is 0 Å². The fourth-order valence-electron chi connectivity index (χ4n) is 1.80. The molecule has 0 radical (unpaired) electrons. The normalized spacial score (nSPS) is 17.9. The van der Waals surface area contributed by atoms with Gasteiger partial charge in [-0.2, -0.15) is 0 Å². The van der Waals surface area contributed by atoms with Gasteiger partial charge < -0.3 is 4.74 Å². The highest BCUT2D eigenvalue weighted by atomic mass is 32.1. The lowest BCUT2D eigenvalue weighted by molar-refractivity contribution is -0.125. The van der Waals surface area contributed by atoms with Crippen molar-refractivity contribution in [2.75, 3.05) is 13.2 Å². The van der Waals surface area contributed by atoms with Crippen LogP contribution >= 0.6 is 11.3 Å². The van der Waals surface area contributed by atoms with Gasteiger partial charge in [0.25, 0.3) is 0 Å². The highest BCUT2D eigenvalue weighted by Gasteiger charge is 2.22. The minimum absolute atomic E-state index is 0.197. The predicted octanol–water partition coefficient (Wildman–Crippen LogP) is 1.99. The number of Topliss-reactive ketones (excluding diaryl/α,β-unsaturated/α-hetero) is 1. The highest BCUT2D eigenvalue weighted by Crippen LogP contribution is 2.19. The lowest BCUT2D eigenvalue weighted by Crippen LogP contribution is -2.24. The van der Waals surface area contributed by atoms with E-state index in [1.54, 1.807) is 11.3 Å². The monoisotopic (exact) mass is 225 g/mol. The fourth-order valence-corrected chi connectivity index (χ4v) is 2.58. The second-order valence-electron chi connectivity index (χ2n) is 3.91. The number of aryl methyl sites for hydroxylation is 1. The van der Waals surface area contributed by atoms with E-state index < -0.39 is 0 Å². The number of rotatable bonds is 3. The van der Waals surface area contributed by atoms with Crippen molar-refractivity contribution in [3.63, 3.8) is 0 Å². The van der Waals surface area contributed by atoms with Crippen LogP contribution in [0.1, 0.15) is 23.5 Å². The summed E-state index contributed by atoms with van der Waals surface area (Å²) in [6.45, 7) is 3.42. The maximum atomic E-state index is 11.9. The molecule has 15 heavy (non-hydrogen) atoms. The van der Waals surface area contributed by atoms with Crippen LogP contribution in [0.15, 0.2) is 5.38 Å². The zero-order valence-corrected chi connectivity index (χ0v) is 9.68. The van der Waals surface area contributed by atoms with E-state index in [4.69, 9.17) is 4.74 Å². The van der Waals surface area contributed by atoms with Gasteiger partial charge >= 0.3 is 0 Å². The quantitative estimate of drug-likeness (QED) is 0.789. The molecule has 0 aliphatic carbocycles. The summed E-state index contributed by atoms with van der Waals surface area (Å²) in [7, 11) is 0. The first-order valence-electron chi connectivity index (χ1n) is 5.27. The van der Waals surface area contributed by atoms with Gasteiger partial charge in [-0.05, 0) is 19.8 Å². The summed E-state index contributed by atoms with van der Waals surface area (Å²) in [6, 6.07) is 0. The maximum Gasteiger partial charge on any atom is 0.142 e. The van der Waals surface area contributed by atoms with Crippen molar-refractivity contribution in [3.8, 4) is 0 Å². The average Bonchev–Trinajstić information content (AvgIpc) is 2.65. The van der Waals surface area contributed by atoms with Gasteiger partial charge in [-0.15, -0.1) is 11.3 Å². The van der Waals surface area contributed by atoms with Crippen LogP contribution in [0.2, 0.25) is 0 Å². The van der Waals surface area contributed by atoms with Crippen molar-refractivity contribution in [1.82, 2.24) is 4.98 Å². The van der Waals surface area contributed by atoms with E-state index in [0.717, 1.165) is 36.8 Å². The molecular weight excluding hydrogens is 210 g/mol. The molecule has 1 aromatic heterocycles. The molecule has 1 aromatic rings. The standard InChI is InChI=1S/C11H15NO2S/c1-8-7-15-11(12-8)6-10(13)9-2-4-14-5-3-9/h7,9H,2-6H2,1H3. The number of nitrogens with zero attached hydrogens (tertiary/aromatic N) is 1. The molecular formula is C11H15NO2S. The fraction of sp³-hybridized carbons (Fsp3) is 0.636. The van der Waals surface area contributed by atoms with Crippen LogP contribution in [-0.2, 0) is 16.0 Å². The molecule has 2 heterocycles. The molecule has 0 amide bonds. The van der Waals surface area contributed by atoms with Gasteiger partial charge in [0.1, 0.15) is 10.8 Å². The van der Waals surface area contributed by atoms with Gasteiger partial charge in [0, 0.05) is 30.2 Å². The number of ether oxygens (including phenoxy) is 1. The molecule has 0 saturated carbocycles. The molecule has 0 spiro atoms. The third-order valence-corrected chi connectivity index (χ3v) is 3.64. The summed E-state index contributed by atoms with van der Waals surface area (Å²) in [6.07, 6.45) is 2.26. The summed E-state index contributed by atoms with van der Waals surface area (Å²) in [5.74, 6) is 0.524. The summed E-state index contributed by atoms with van der Waals surface area (Å²) in [5.41, 5.74) is 1.01. The number of carbonyl (C=O) groups excluding carboxylic acids is 1. The van der Waals surface area contributed by atoms with E-state index in [-0.39, 0.29) is 5.92 Å². The first-order chi connectivity index (χ1) is 7.25. The Bertz CT molecular complexity index is 342. The molecule has 0 aromatic carbocycles. The van der Waals surface area contributed by atoms with Gasteiger partial charge in [-0.3, -0.25) is 4.79 Å². The van der Waals surface area contributed by atoms with Crippen LogP contribution in [0.3, 0.4) is 0 Å². The first-order valence-corrected chi connectivity index (χ1v) is 6.15. The van der Waals surface area contributed by atoms with Crippen molar-refractivity contribution >= 4 is 17.1 Å². The molecule has 1 saturated heterocycles. The Balaban J connectivity index is 1.91. The van der Waals surface area contributed by atoms with Crippen molar-refractivity contribution in [2.24, 2.45) is 5.92 Å². The Morgan fingerprint density at radius 2 is 2.33 bits per heavy atom. The van der Waals surface area contributed by atoms with Crippen molar-refractivity contribution < 1.29 is 9.53 Å². The van der Waals surface area contributed by atoms with E-state index in [9.17, 15) is 4.79 Å². The Hall–Kier alpha value is -0.740. The Kier molecular flexibility index (Phi) is 3.49. The summed E-state index contributed by atoms with van der Waals surface area (Å²) >= 11 is 1.58. The number of ketones is 1. The number of carbonyl (C=O) groups is 1. The molecule has 0 atom stereocenters. The van der Waals surface area contributed by atoms with E-state index in [1.165, 1.54) is 0 Å². The lowest BCUT2D eigenvalue weighted by Gasteiger charge is -2.20. The van der Waals surface area contributed by atoms with E-state index in [2.05, 4.69) is 4.98 Å². The van der Waals surface area contributed by atoms with Crippen LogP contribution < -0.4 is 0 Å². The van der Waals surface area contributed by atoms with Crippen LogP contribution in [0.5, 0.6) is 0 Å². The van der Waals surface area contributed by atoms with Crippen LogP contribution in [0.4, 0.5) is 0 Å². The Morgan fingerprint density at radius 1 is 1.60 bits per heavy atom. The Morgan fingerprint density at radius 3 is 2.93 bits per heavy atom. The van der Waals surface area contributed by atoms with Crippen molar-refractivity contribution in [2.45, 2.75) is 26.2 Å². The molecule has 1 fully saturated rings. The lowest BCUT2D eigenvalue weighted by atomic mass is 9.94. The molecule has 0 bridgehead atoms. The molecule has 2 rings (SSSR count). The van der Waals surface area contributed by atoms with E-state index in [1.807, 2.05) is 12.3 Å². The predicted molar refractivity (Wildman–Crippen MR) is 59.1 cm³/mol. The second kappa shape index (κ2) is 4.86. The zero-order valence-electron chi connectivity index (χ0n) is 8.86. The van der Waals surface area contributed by atoms with Crippen LogP contribution in [0, 0.1) is 12.8 Å². The molecule has 1 aliphatic heterocycles. The van der Waals surface area contributed by atoms with E-state index >= 15 is 0 Å². The molecule has 3 nitrogen and oxygen atoms in total. The topological polar surface area (TPSA) is 39.2 Å². The number of aromatic nitrogens is 1. The zero-order chi connectivity index (χ0) is 10.7. The van der Waals surface area contributed by atoms with Gasteiger partial charge in [-0.25, -0.2) is 4.98 Å². The third-order valence-electron chi connectivity index (χ3n) is 2.67. The summed E-state index contributed by atoms with van der Waals surface area (Å²) < 4.78 is 5.24. The SMILES string of the molecule is Cc1csc(CC(=O)C2CCOCC2)n1. The highest BCUT2D eigenvalue weighted by molar-refractivity contribution is 7.09. The van der Waals surface area contributed by atoms with E-state index in [0.29, 0.717) is 12.2 Å².